The highest BCUT2D eigenvalue weighted by Crippen LogP contribution is 2.44. The van der Waals surface area contributed by atoms with Crippen molar-refractivity contribution in [1.29, 1.82) is 0 Å². The van der Waals surface area contributed by atoms with Crippen molar-refractivity contribution >= 4 is 16.9 Å². The molecule has 1 fully saturated rings. The summed E-state index contributed by atoms with van der Waals surface area (Å²) in [5.74, 6) is 2.18. The molecule has 1 saturated carbocycles. The van der Waals surface area contributed by atoms with Crippen LogP contribution in [0.5, 0.6) is 5.75 Å². The first-order valence-electron chi connectivity index (χ1n) is 8.60. The number of hydrogen-bond donors (Lipinski definition) is 2. The second-order valence-electron chi connectivity index (χ2n) is 6.46. The van der Waals surface area contributed by atoms with Crippen LogP contribution in [0.15, 0.2) is 48.5 Å². The Balaban J connectivity index is 1.31. The number of nitrogens with zero attached hydrogens (tertiary/aromatic N) is 1. The van der Waals surface area contributed by atoms with Gasteiger partial charge in [-0.2, -0.15) is 0 Å². The summed E-state index contributed by atoms with van der Waals surface area (Å²) in [7, 11) is 1.68. The molecule has 1 aliphatic rings. The van der Waals surface area contributed by atoms with Crippen LogP contribution in [-0.2, 0) is 11.2 Å². The number of fused-ring (bicyclic) bond motifs is 1. The summed E-state index contributed by atoms with van der Waals surface area (Å²) in [4.78, 5) is 20.0. The highest BCUT2D eigenvalue weighted by atomic mass is 16.5. The van der Waals surface area contributed by atoms with Gasteiger partial charge in [-0.25, -0.2) is 4.98 Å². The van der Waals surface area contributed by atoms with E-state index in [0.717, 1.165) is 29.0 Å². The summed E-state index contributed by atoms with van der Waals surface area (Å²) in [5, 5.41) is 3.12. The normalized spacial score (nSPS) is 18.9. The summed E-state index contributed by atoms with van der Waals surface area (Å²) >= 11 is 0. The van der Waals surface area contributed by atoms with Gasteiger partial charge in [0.2, 0.25) is 5.91 Å². The van der Waals surface area contributed by atoms with Crippen LogP contribution in [0.2, 0.25) is 0 Å². The van der Waals surface area contributed by atoms with E-state index in [-0.39, 0.29) is 11.9 Å². The molecule has 0 unspecified atom stereocenters. The fraction of sp³-hybridized carbons (Fsp3) is 0.300. The number of imidazole rings is 1. The van der Waals surface area contributed by atoms with Gasteiger partial charge in [0.1, 0.15) is 11.6 Å². The zero-order valence-electron chi connectivity index (χ0n) is 14.2. The number of hydrogen-bond acceptors (Lipinski definition) is 3. The number of carbonyl (C=O) groups excluding carboxylic acids is 1. The Morgan fingerprint density at radius 2 is 2.04 bits per heavy atom. The van der Waals surface area contributed by atoms with Gasteiger partial charge in [0.25, 0.3) is 0 Å². The third-order valence-corrected chi connectivity index (χ3v) is 4.70. The van der Waals surface area contributed by atoms with Crippen LogP contribution >= 0.6 is 0 Å². The van der Waals surface area contributed by atoms with Crippen molar-refractivity contribution in [3.8, 4) is 5.75 Å². The summed E-state index contributed by atoms with van der Waals surface area (Å²) in [6.07, 6.45) is 2.03. The number of H-pyrrole nitrogens is 1. The molecule has 0 bridgehead atoms. The topological polar surface area (TPSA) is 67.0 Å². The van der Waals surface area contributed by atoms with Crippen molar-refractivity contribution < 1.29 is 9.53 Å². The van der Waals surface area contributed by atoms with Gasteiger partial charge in [-0.15, -0.1) is 0 Å². The molecule has 3 aromatic rings. The lowest BCUT2D eigenvalue weighted by atomic mass is 10.1. The average Bonchev–Trinajstić information content (AvgIpc) is 3.26. The first-order valence-corrected chi connectivity index (χ1v) is 8.60. The summed E-state index contributed by atoms with van der Waals surface area (Å²) in [5.41, 5.74) is 3.13. The highest BCUT2D eigenvalue weighted by Gasteiger charge is 2.40. The van der Waals surface area contributed by atoms with Crippen molar-refractivity contribution in [3.05, 3.63) is 59.9 Å². The Labute approximate surface area is 146 Å². The van der Waals surface area contributed by atoms with Gasteiger partial charge in [0.15, 0.2) is 0 Å². The van der Waals surface area contributed by atoms with Gasteiger partial charge in [0, 0.05) is 24.8 Å². The van der Waals surface area contributed by atoms with Crippen LogP contribution in [0, 0.1) is 0 Å². The van der Waals surface area contributed by atoms with Crippen LogP contribution in [0.25, 0.3) is 11.0 Å². The minimum atomic E-state index is 0.0721. The summed E-state index contributed by atoms with van der Waals surface area (Å²) in [6, 6.07) is 16.1. The first-order chi connectivity index (χ1) is 12.2. The minimum absolute atomic E-state index is 0.0721. The predicted octanol–water partition coefficient (Wildman–Crippen LogP) is 3.18. The molecule has 5 heteroatoms. The number of amides is 1. The third-order valence-electron chi connectivity index (χ3n) is 4.70. The predicted molar refractivity (Wildman–Crippen MR) is 96.7 cm³/mol. The van der Waals surface area contributed by atoms with Crippen LogP contribution in [0.3, 0.4) is 0 Å². The fourth-order valence-corrected chi connectivity index (χ4v) is 3.31. The van der Waals surface area contributed by atoms with E-state index >= 15 is 0 Å². The third kappa shape index (κ3) is 3.36. The molecule has 1 aromatic heterocycles. The molecule has 2 N–H and O–H groups in total. The van der Waals surface area contributed by atoms with Crippen LogP contribution < -0.4 is 10.1 Å². The minimum Gasteiger partial charge on any atom is -0.496 e. The second kappa shape index (κ2) is 6.59. The van der Waals surface area contributed by atoms with E-state index in [9.17, 15) is 4.79 Å². The molecule has 128 valence electrons. The van der Waals surface area contributed by atoms with Gasteiger partial charge in [-0.1, -0.05) is 30.3 Å². The number of benzene rings is 2. The maximum absolute atomic E-state index is 12.2. The smallest absolute Gasteiger partial charge is 0.220 e. The number of ether oxygens (including phenoxy) is 1. The van der Waals surface area contributed by atoms with E-state index in [2.05, 4.69) is 21.4 Å². The van der Waals surface area contributed by atoms with E-state index in [1.54, 1.807) is 7.11 Å². The quantitative estimate of drug-likeness (QED) is 0.727. The molecule has 5 nitrogen and oxygen atoms in total. The molecule has 2 atom stereocenters. The molecule has 0 spiro atoms. The Morgan fingerprint density at radius 1 is 1.24 bits per heavy atom. The Kier molecular flexibility index (Phi) is 4.14. The monoisotopic (exact) mass is 335 g/mol. The lowest BCUT2D eigenvalue weighted by molar-refractivity contribution is -0.121. The number of para-hydroxylation sites is 3. The molecule has 1 heterocycles. The molecule has 1 aliphatic carbocycles. The lowest BCUT2D eigenvalue weighted by Gasteiger charge is -2.08. The zero-order valence-corrected chi connectivity index (χ0v) is 14.2. The van der Waals surface area contributed by atoms with E-state index in [0.29, 0.717) is 18.8 Å². The zero-order chi connectivity index (χ0) is 17.2. The fourth-order valence-electron chi connectivity index (χ4n) is 3.31. The van der Waals surface area contributed by atoms with Gasteiger partial charge in [0.05, 0.1) is 18.1 Å². The molecule has 0 radical (unpaired) electrons. The van der Waals surface area contributed by atoms with Crippen molar-refractivity contribution in [2.75, 3.05) is 7.11 Å². The first kappa shape index (κ1) is 15.7. The number of carbonyl (C=O) groups is 1. The van der Waals surface area contributed by atoms with E-state index < -0.39 is 0 Å². The molecule has 25 heavy (non-hydrogen) atoms. The summed E-state index contributed by atoms with van der Waals surface area (Å²) < 4.78 is 5.41. The van der Waals surface area contributed by atoms with Crippen LogP contribution in [-0.4, -0.2) is 29.0 Å². The standard InChI is InChI=1S/C20H21N3O2/c1-25-18-9-5-2-6-13(18)14-12-17(14)23-20(24)11-10-19-21-15-7-3-4-8-16(15)22-19/h2-9,14,17H,10-12H2,1H3,(H,21,22)(H,23,24)/t14-,17+/m1/s1. The number of rotatable bonds is 6. The Hall–Kier alpha value is -2.82. The average molecular weight is 335 g/mol. The van der Waals surface area contributed by atoms with E-state index in [1.807, 2.05) is 42.5 Å². The van der Waals surface area contributed by atoms with Gasteiger partial charge in [-0.05, 0) is 30.2 Å². The van der Waals surface area contributed by atoms with Crippen molar-refractivity contribution in [2.45, 2.75) is 31.2 Å². The van der Waals surface area contributed by atoms with Gasteiger partial charge < -0.3 is 15.0 Å². The molecule has 0 saturated heterocycles. The SMILES string of the molecule is COc1ccccc1[C@H]1C[C@@H]1NC(=O)CCc1nc2ccccc2[nH]1. The Bertz CT molecular complexity index is 870. The second-order valence-corrected chi connectivity index (χ2v) is 6.46. The number of aryl methyl sites for hydroxylation is 1. The van der Waals surface area contributed by atoms with E-state index in [4.69, 9.17) is 4.74 Å². The molecule has 1 amide bonds. The maximum atomic E-state index is 12.2. The molecule has 2 aromatic carbocycles. The van der Waals surface area contributed by atoms with Crippen molar-refractivity contribution in [1.82, 2.24) is 15.3 Å². The number of aromatic nitrogens is 2. The highest BCUT2D eigenvalue weighted by molar-refractivity contribution is 5.78. The maximum Gasteiger partial charge on any atom is 0.220 e. The van der Waals surface area contributed by atoms with E-state index in [1.165, 1.54) is 5.56 Å². The Morgan fingerprint density at radius 3 is 2.88 bits per heavy atom. The van der Waals surface area contributed by atoms with Gasteiger partial charge in [-0.3, -0.25) is 4.79 Å². The molecular weight excluding hydrogens is 314 g/mol. The number of nitrogens with one attached hydrogen (secondary N) is 2. The molecule has 4 rings (SSSR count). The molecule has 0 aliphatic heterocycles. The molecular formula is C20H21N3O2. The van der Waals surface area contributed by atoms with Crippen LogP contribution in [0.1, 0.15) is 30.1 Å². The summed E-state index contributed by atoms with van der Waals surface area (Å²) in [6.45, 7) is 0. The largest absolute Gasteiger partial charge is 0.496 e. The number of methoxy groups -OCH3 is 1. The van der Waals surface area contributed by atoms with Crippen LogP contribution in [0.4, 0.5) is 0 Å². The number of aromatic amines is 1. The van der Waals surface area contributed by atoms with Gasteiger partial charge >= 0.3 is 0 Å². The lowest BCUT2D eigenvalue weighted by Crippen LogP contribution is -2.26. The van der Waals surface area contributed by atoms with Crippen molar-refractivity contribution in [3.63, 3.8) is 0 Å². The van der Waals surface area contributed by atoms with Crippen molar-refractivity contribution in [2.24, 2.45) is 0 Å².